The van der Waals surface area contributed by atoms with Gasteiger partial charge in [-0.15, -0.1) is 11.8 Å². The van der Waals surface area contributed by atoms with Crippen LogP contribution in [0.15, 0.2) is 18.2 Å². The van der Waals surface area contributed by atoms with Gasteiger partial charge in [0.15, 0.2) is 0 Å². The molecule has 0 aliphatic heterocycles. The van der Waals surface area contributed by atoms with E-state index < -0.39 is 5.25 Å². The maximum absolute atomic E-state index is 12.1. The third-order valence-electron chi connectivity index (χ3n) is 2.95. The normalized spacial score (nSPS) is 11.9. The van der Waals surface area contributed by atoms with E-state index in [-0.39, 0.29) is 12.6 Å². The number of hydrogen-bond acceptors (Lipinski definition) is 5. The predicted octanol–water partition coefficient (Wildman–Crippen LogP) is 2.74. The summed E-state index contributed by atoms with van der Waals surface area (Å²) in [7, 11) is 0. The molecule has 0 bridgehead atoms. The Labute approximate surface area is 123 Å². The second-order valence-electron chi connectivity index (χ2n) is 4.37. The summed E-state index contributed by atoms with van der Waals surface area (Å²) in [5, 5.41) is 8.85. The molecule has 0 saturated heterocycles. The van der Waals surface area contributed by atoms with Crippen molar-refractivity contribution in [2.24, 2.45) is 0 Å². The average Bonchev–Trinajstić information content (AvgIpc) is 2.48. The van der Waals surface area contributed by atoms with Crippen LogP contribution in [-0.2, 0) is 16.1 Å². The lowest BCUT2D eigenvalue weighted by Crippen LogP contribution is -2.16. The Hall–Kier alpha value is -1.33. The van der Waals surface area contributed by atoms with Crippen LogP contribution in [0.5, 0.6) is 0 Å². The van der Waals surface area contributed by atoms with Gasteiger partial charge in [-0.1, -0.05) is 25.5 Å². The summed E-state index contributed by atoms with van der Waals surface area (Å²) in [6.45, 7) is 2.25. The number of carbonyl (C=O) groups excluding carboxylic acids is 2. The van der Waals surface area contributed by atoms with E-state index in [0.29, 0.717) is 23.3 Å². The molecule has 4 nitrogen and oxygen atoms in total. The van der Waals surface area contributed by atoms with Crippen molar-refractivity contribution in [3.05, 3.63) is 34.9 Å². The molecular formula is C15H20O4S. The van der Waals surface area contributed by atoms with Crippen LogP contribution in [0.4, 0.5) is 0 Å². The first-order valence-electron chi connectivity index (χ1n) is 6.56. The number of ether oxygens (including phenoxy) is 1. The third-order valence-corrected chi connectivity index (χ3v) is 3.87. The standard InChI is InChI=1S/C15H20O4S/c1-3-4-7-19-15(18)14(20-2)13-8-11(9-16)5-6-12(13)10-17/h5-6,8-9,14,17H,3-4,7,10H2,1-2H3. The van der Waals surface area contributed by atoms with Crippen LogP contribution in [-0.4, -0.2) is 30.2 Å². The molecule has 0 saturated carbocycles. The maximum Gasteiger partial charge on any atom is 0.323 e. The van der Waals surface area contributed by atoms with E-state index in [1.54, 1.807) is 24.5 Å². The summed E-state index contributed by atoms with van der Waals surface area (Å²) in [6, 6.07) is 4.93. The highest BCUT2D eigenvalue weighted by molar-refractivity contribution is 7.99. The zero-order valence-corrected chi connectivity index (χ0v) is 12.6. The molecule has 110 valence electrons. The molecule has 0 radical (unpaired) electrons. The fourth-order valence-corrected chi connectivity index (χ4v) is 2.55. The topological polar surface area (TPSA) is 63.6 Å². The number of aldehydes is 1. The van der Waals surface area contributed by atoms with Gasteiger partial charge in [0, 0.05) is 5.56 Å². The van der Waals surface area contributed by atoms with Crippen molar-refractivity contribution in [2.75, 3.05) is 12.9 Å². The Morgan fingerprint density at radius 1 is 1.50 bits per heavy atom. The van der Waals surface area contributed by atoms with E-state index in [9.17, 15) is 14.7 Å². The van der Waals surface area contributed by atoms with Gasteiger partial charge in [-0.05, 0) is 29.9 Å². The molecule has 1 rings (SSSR count). The van der Waals surface area contributed by atoms with Crippen molar-refractivity contribution in [3.8, 4) is 0 Å². The van der Waals surface area contributed by atoms with E-state index >= 15 is 0 Å². The van der Waals surface area contributed by atoms with E-state index in [0.717, 1.165) is 19.1 Å². The van der Waals surface area contributed by atoms with Gasteiger partial charge in [-0.2, -0.15) is 0 Å². The first-order chi connectivity index (χ1) is 9.67. The molecule has 0 aliphatic carbocycles. The number of rotatable bonds is 8. The number of unbranched alkanes of at least 4 members (excludes halogenated alkanes) is 1. The zero-order valence-electron chi connectivity index (χ0n) is 11.8. The Kier molecular flexibility index (Phi) is 7.33. The zero-order chi connectivity index (χ0) is 15.0. The van der Waals surface area contributed by atoms with Crippen molar-refractivity contribution in [3.63, 3.8) is 0 Å². The minimum absolute atomic E-state index is 0.173. The lowest BCUT2D eigenvalue weighted by molar-refractivity contribution is -0.143. The van der Waals surface area contributed by atoms with Crippen LogP contribution >= 0.6 is 11.8 Å². The van der Waals surface area contributed by atoms with E-state index in [4.69, 9.17) is 4.74 Å². The molecule has 0 amide bonds. The summed E-state index contributed by atoms with van der Waals surface area (Å²) >= 11 is 1.34. The van der Waals surface area contributed by atoms with Gasteiger partial charge in [0.25, 0.3) is 0 Å². The highest BCUT2D eigenvalue weighted by atomic mass is 32.2. The van der Waals surface area contributed by atoms with Crippen molar-refractivity contribution in [1.82, 2.24) is 0 Å². The maximum atomic E-state index is 12.1. The SMILES string of the molecule is CCCCOC(=O)C(SC)c1cc(C=O)ccc1CO. The van der Waals surface area contributed by atoms with Crippen LogP contribution in [0.3, 0.4) is 0 Å². The van der Waals surface area contributed by atoms with Crippen LogP contribution in [0, 0.1) is 0 Å². The van der Waals surface area contributed by atoms with Gasteiger partial charge in [0.05, 0.1) is 13.2 Å². The van der Waals surface area contributed by atoms with E-state index in [1.165, 1.54) is 11.8 Å². The summed E-state index contributed by atoms with van der Waals surface area (Å²) in [6.07, 6.45) is 4.32. The van der Waals surface area contributed by atoms with Crippen LogP contribution in [0.2, 0.25) is 0 Å². The van der Waals surface area contributed by atoms with Gasteiger partial charge in [0.2, 0.25) is 0 Å². The van der Waals surface area contributed by atoms with E-state index in [1.807, 2.05) is 6.92 Å². The van der Waals surface area contributed by atoms with Gasteiger partial charge < -0.3 is 9.84 Å². The second kappa shape index (κ2) is 8.76. The fraction of sp³-hybridized carbons (Fsp3) is 0.467. The molecule has 20 heavy (non-hydrogen) atoms. The Balaban J connectivity index is 2.97. The highest BCUT2D eigenvalue weighted by Crippen LogP contribution is 2.31. The summed E-state index contributed by atoms with van der Waals surface area (Å²) in [5.74, 6) is -0.330. The molecule has 1 atom stereocenters. The molecule has 1 unspecified atom stereocenters. The third kappa shape index (κ3) is 4.35. The summed E-state index contributed by atoms with van der Waals surface area (Å²) in [5.41, 5.74) is 1.77. The van der Waals surface area contributed by atoms with Crippen molar-refractivity contribution in [1.29, 1.82) is 0 Å². The van der Waals surface area contributed by atoms with Crippen LogP contribution in [0.25, 0.3) is 0 Å². The fourth-order valence-electron chi connectivity index (χ4n) is 1.82. The smallest absolute Gasteiger partial charge is 0.323 e. The van der Waals surface area contributed by atoms with Crippen LogP contribution in [0.1, 0.15) is 46.5 Å². The first-order valence-corrected chi connectivity index (χ1v) is 7.85. The van der Waals surface area contributed by atoms with Crippen molar-refractivity contribution >= 4 is 24.0 Å². The van der Waals surface area contributed by atoms with Gasteiger partial charge in [-0.25, -0.2) is 0 Å². The lowest BCUT2D eigenvalue weighted by Gasteiger charge is -2.17. The number of carbonyl (C=O) groups is 2. The molecule has 1 aromatic rings. The second-order valence-corrected chi connectivity index (χ2v) is 5.31. The van der Waals surface area contributed by atoms with Crippen molar-refractivity contribution < 1.29 is 19.4 Å². The quantitative estimate of drug-likeness (QED) is 0.454. The molecule has 5 heteroatoms. The number of esters is 1. The molecule has 0 aromatic heterocycles. The Bertz CT molecular complexity index is 459. The Morgan fingerprint density at radius 3 is 2.80 bits per heavy atom. The largest absolute Gasteiger partial charge is 0.465 e. The molecular weight excluding hydrogens is 276 g/mol. The number of aliphatic hydroxyl groups excluding tert-OH is 1. The van der Waals surface area contributed by atoms with Gasteiger partial charge in [-0.3, -0.25) is 9.59 Å². The van der Waals surface area contributed by atoms with Crippen LogP contribution < -0.4 is 0 Å². The number of benzene rings is 1. The molecule has 1 N–H and O–H groups in total. The number of hydrogen-bond donors (Lipinski definition) is 1. The molecule has 0 fully saturated rings. The summed E-state index contributed by atoms with van der Waals surface area (Å²) in [4.78, 5) is 23.0. The van der Waals surface area contributed by atoms with Gasteiger partial charge in [0.1, 0.15) is 11.5 Å². The first kappa shape index (κ1) is 16.7. The van der Waals surface area contributed by atoms with Gasteiger partial charge >= 0.3 is 5.97 Å². The predicted molar refractivity (Wildman–Crippen MR) is 79.9 cm³/mol. The minimum atomic E-state index is -0.520. The monoisotopic (exact) mass is 296 g/mol. The molecule has 0 heterocycles. The number of thioether (sulfide) groups is 1. The van der Waals surface area contributed by atoms with Crippen molar-refractivity contribution in [2.45, 2.75) is 31.6 Å². The minimum Gasteiger partial charge on any atom is -0.465 e. The lowest BCUT2D eigenvalue weighted by atomic mass is 10.0. The highest BCUT2D eigenvalue weighted by Gasteiger charge is 2.24. The summed E-state index contributed by atoms with van der Waals surface area (Å²) < 4.78 is 5.23. The van der Waals surface area contributed by atoms with E-state index in [2.05, 4.69) is 0 Å². The number of aliphatic hydroxyl groups is 1. The molecule has 0 spiro atoms. The Morgan fingerprint density at radius 2 is 2.25 bits per heavy atom. The molecule has 0 aliphatic rings. The average molecular weight is 296 g/mol. The molecule has 1 aromatic carbocycles.